The van der Waals surface area contributed by atoms with E-state index in [1.54, 1.807) is 0 Å². The fraction of sp³-hybridized carbons (Fsp3) is 0. The summed E-state index contributed by atoms with van der Waals surface area (Å²) in [5.74, 6) is 0. The van der Waals surface area contributed by atoms with Crippen LogP contribution in [0.15, 0.2) is 158 Å². The maximum atomic E-state index is 3.80. The molecule has 0 aliphatic carbocycles. The monoisotopic (exact) mass is 577 g/mol. The molecular formula is C42H27NS. The molecule has 7 aromatic carbocycles. The van der Waals surface area contributed by atoms with Gasteiger partial charge in [0.05, 0.1) is 5.52 Å². The Morgan fingerprint density at radius 1 is 0.386 bits per heavy atom. The van der Waals surface area contributed by atoms with Gasteiger partial charge in [-0.2, -0.15) is 0 Å². The molecule has 0 bridgehead atoms. The molecular weight excluding hydrogens is 551 g/mol. The van der Waals surface area contributed by atoms with Crippen LogP contribution < -0.4 is 0 Å². The van der Waals surface area contributed by atoms with E-state index in [-0.39, 0.29) is 0 Å². The van der Waals surface area contributed by atoms with Gasteiger partial charge in [0.2, 0.25) is 0 Å². The van der Waals surface area contributed by atoms with E-state index in [1.807, 2.05) is 11.3 Å². The predicted octanol–water partition coefficient (Wildman–Crippen LogP) is 12.4. The lowest BCUT2D eigenvalue weighted by molar-refractivity contribution is 1.54. The van der Waals surface area contributed by atoms with Crippen molar-refractivity contribution < 1.29 is 0 Å². The average Bonchev–Trinajstić information content (AvgIpc) is 3.68. The molecule has 0 saturated carbocycles. The molecule has 0 fully saturated rings. The van der Waals surface area contributed by atoms with Crippen LogP contribution in [0.2, 0.25) is 0 Å². The summed E-state index contributed by atoms with van der Waals surface area (Å²) in [7, 11) is 0. The zero-order chi connectivity index (χ0) is 29.0. The Morgan fingerprint density at radius 3 is 1.84 bits per heavy atom. The molecule has 9 rings (SSSR count). The van der Waals surface area contributed by atoms with Gasteiger partial charge in [0, 0.05) is 47.6 Å². The molecule has 0 amide bonds. The molecule has 2 heterocycles. The lowest BCUT2D eigenvalue weighted by Crippen LogP contribution is -1.88. The minimum atomic E-state index is 1.16. The number of aromatic amines is 1. The van der Waals surface area contributed by atoms with Crippen LogP contribution in [0.3, 0.4) is 0 Å². The number of hydrogen-bond acceptors (Lipinski definition) is 1. The number of rotatable bonds is 4. The van der Waals surface area contributed by atoms with Crippen LogP contribution in [0.1, 0.15) is 0 Å². The summed E-state index contributed by atoms with van der Waals surface area (Å²) < 4.78 is 2.63. The quantitative estimate of drug-likeness (QED) is 0.214. The normalized spacial score (nSPS) is 11.6. The van der Waals surface area contributed by atoms with Gasteiger partial charge in [-0.25, -0.2) is 0 Å². The zero-order valence-corrected chi connectivity index (χ0v) is 24.7. The van der Waals surface area contributed by atoms with Gasteiger partial charge in [0.15, 0.2) is 0 Å². The van der Waals surface area contributed by atoms with E-state index in [4.69, 9.17) is 0 Å². The lowest BCUT2D eigenvalue weighted by Gasteiger charge is -2.13. The Morgan fingerprint density at radius 2 is 1.02 bits per heavy atom. The first-order valence-electron chi connectivity index (χ1n) is 15.0. The summed E-state index contributed by atoms with van der Waals surface area (Å²) in [6.07, 6.45) is 0. The van der Waals surface area contributed by atoms with Crippen molar-refractivity contribution in [1.29, 1.82) is 0 Å². The highest BCUT2D eigenvalue weighted by atomic mass is 32.1. The Balaban J connectivity index is 1.35. The minimum absolute atomic E-state index is 1.16. The third-order valence-electron chi connectivity index (χ3n) is 8.82. The maximum Gasteiger partial charge on any atom is 0.0545 e. The molecule has 0 aliphatic heterocycles. The Labute approximate surface area is 259 Å². The van der Waals surface area contributed by atoms with E-state index in [9.17, 15) is 0 Å². The second-order valence-corrected chi connectivity index (χ2v) is 12.4. The molecule has 9 aromatic rings. The molecule has 0 unspecified atom stereocenters. The Hall–Kier alpha value is -5.44. The summed E-state index contributed by atoms with van der Waals surface area (Å²) in [6, 6.07) is 57.3. The van der Waals surface area contributed by atoms with E-state index < -0.39 is 0 Å². The maximum absolute atomic E-state index is 3.80. The molecule has 2 aromatic heterocycles. The highest BCUT2D eigenvalue weighted by Gasteiger charge is 2.19. The third-order valence-corrected chi connectivity index (χ3v) is 10.0. The molecule has 2 heteroatoms. The standard InChI is InChI=1S/C42H27NS/c1-3-12-27(13-4-1)29-16-11-17-30(24-29)32-22-23-34(42-40(32)35-19-8-10-21-39(35)44-42)37-26-31(28-14-5-2-6-15-28)25-36-33-18-7-9-20-38(33)43-41(36)37/h1-26,43H. The number of benzene rings is 7. The largest absolute Gasteiger partial charge is 0.354 e. The van der Waals surface area contributed by atoms with Crippen molar-refractivity contribution in [2.45, 2.75) is 0 Å². The number of para-hydroxylation sites is 1. The molecule has 1 N–H and O–H groups in total. The Kier molecular flexibility index (Phi) is 5.75. The van der Waals surface area contributed by atoms with Crippen LogP contribution in [-0.2, 0) is 0 Å². The molecule has 206 valence electrons. The number of H-pyrrole nitrogens is 1. The molecule has 0 saturated heterocycles. The summed E-state index contributed by atoms with van der Waals surface area (Å²) in [5.41, 5.74) is 12.3. The number of aromatic nitrogens is 1. The smallest absolute Gasteiger partial charge is 0.0545 e. The predicted molar refractivity (Wildman–Crippen MR) is 190 cm³/mol. The van der Waals surface area contributed by atoms with Crippen molar-refractivity contribution >= 4 is 53.3 Å². The molecule has 0 spiro atoms. The average molecular weight is 578 g/mol. The molecule has 0 atom stereocenters. The number of nitrogens with one attached hydrogen (secondary N) is 1. The summed E-state index contributed by atoms with van der Waals surface area (Å²) in [6.45, 7) is 0. The van der Waals surface area contributed by atoms with E-state index in [1.165, 1.54) is 81.0 Å². The second-order valence-electron chi connectivity index (χ2n) is 11.4. The van der Waals surface area contributed by atoms with Crippen LogP contribution in [-0.4, -0.2) is 4.98 Å². The topological polar surface area (TPSA) is 15.8 Å². The fourth-order valence-electron chi connectivity index (χ4n) is 6.74. The van der Waals surface area contributed by atoms with Gasteiger partial charge in [0.1, 0.15) is 0 Å². The summed E-state index contributed by atoms with van der Waals surface area (Å²) in [5, 5.41) is 5.14. The van der Waals surface area contributed by atoms with Crippen molar-refractivity contribution in [2.24, 2.45) is 0 Å². The van der Waals surface area contributed by atoms with Gasteiger partial charge >= 0.3 is 0 Å². The fourth-order valence-corrected chi connectivity index (χ4v) is 7.99. The molecule has 1 nitrogen and oxygen atoms in total. The van der Waals surface area contributed by atoms with Crippen molar-refractivity contribution in [3.8, 4) is 44.5 Å². The van der Waals surface area contributed by atoms with Gasteiger partial charge < -0.3 is 4.98 Å². The van der Waals surface area contributed by atoms with Gasteiger partial charge in [-0.1, -0.05) is 127 Å². The van der Waals surface area contributed by atoms with E-state index >= 15 is 0 Å². The Bertz CT molecular complexity index is 2480. The van der Waals surface area contributed by atoms with Crippen LogP contribution in [0, 0.1) is 0 Å². The number of thiophene rings is 1. The highest BCUT2D eigenvalue weighted by Crippen LogP contribution is 2.47. The van der Waals surface area contributed by atoms with Crippen molar-refractivity contribution in [1.82, 2.24) is 4.98 Å². The summed E-state index contributed by atoms with van der Waals surface area (Å²) >= 11 is 1.90. The first-order chi connectivity index (χ1) is 21.8. The van der Waals surface area contributed by atoms with E-state index in [0.29, 0.717) is 0 Å². The van der Waals surface area contributed by atoms with Gasteiger partial charge in [-0.15, -0.1) is 11.3 Å². The van der Waals surface area contributed by atoms with Crippen molar-refractivity contribution in [3.63, 3.8) is 0 Å². The van der Waals surface area contributed by atoms with Crippen molar-refractivity contribution in [2.75, 3.05) is 0 Å². The zero-order valence-electron chi connectivity index (χ0n) is 23.9. The van der Waals surface area contributed by atoms with Crippen LogP contribution >= 0.6 is 11.3 Å². The van der Waals surface area contributed by atoms with Crippen LogP contribution in [0.4, 0.5) is 0 Å². The van der Waals surface area contributed by atoms with Gasteiger partial charge in [0.25, 0.3) is 0 Å². The highest BCUT2D eigenvalue weighted by molar-refractivity contribution is 7.26. The van der Waals surface area contributed by atoms with Gasteiger partial charge in [-0.05, 0) is 63.7 Å². The first-order valence-corrected chi connectivity index (χ1v) is 15.8. The second kappa shape index (κ2) is 10.1. The molecule has 0 aliphatic rings. The third kappa shape index (κ3) is 4.00. The van der Waals surface area contributed by atoms with E-state index in [2.05, 4.69) is 163 Å². The molecule has 44 heavy (non-hydrogen) atoms. The minimum Gasteiger partial charge on any atom is -0.354 e. The SMILES string of the molecule is c1ccc(-c2cccc(-c3ccc(-c4cc(-c5ccccc5)cc5c4[nH]c4ccccc45)c4sc5ccccc5c34)c2)cc1. The lowest BCUT2D eigenvalue weighted by atomic mass is 9.91. The van der Waals surface area contributed by atoms with E-state index in [0.717, 1.165) is 5.52 Å². The van der Waals surface area contributed by atoms with Gasteiger partial charge in [-0.3, -0.25) is 0 Å². The van der Waals surface area contributed by atoms with Crippen LogP contribution in [0.25, 0.3) is 86.5 Å². The van der Waals surface area contributed by atoms with Crippen molar-refractivity contribution in [3.05, 3.63) is 158 Å². The molecule has 0 radical (unpaired) electrons. The first kappa shape index (κ1) is 25.1. The number of hydrogen-bond donors (Lipinski definition) is 1. The summed E-state index contributed by atoms with van der Waals surface area (Å²) in [4.78, 5) is 3.80. The van der Waals surface area contributed by atoms with Crippen LogP contribution in [0.5, 0.6) is 0 Å². The number of fused-ring (bicyclic) bond motifs is 6.